The van der Waals surface area contributed by atoms with Gasteiger partial charge in [0.25, 0.3) is 5.82 Å². The Hall–Kier alpha value is -2.61. The maximum atomic E-state index is 13.1. The first-order valence-electron chi connectivity index (χ1n) is 11.4. The second-order valence-electron chi connectivity index (χ2n) is 10.1. The minimum absolute atomic E-state index is 0.101. The van der Waals surface area contributed by atoms with Crippen molar-refractivity contribution in [3.05, 3.63) is 34.9 Å². The number of pyridine rings is 1. The molecule has 1 amide bonds. The molecule has 5 nitrogen and oxygen atoms in total. The summed E-state index contributed by atoms with van der Waals surface area (Å²) in [5.41, 5.74) is 3.87. The molecule has 4 bridgehead atoms. The van der Waals surface area contributed by atoms with E-state index >= 15 is 0 Å². The molecule has 0 radical (unpaired) electrons. The minimum Gasteiger partial charge on any atom is -0.352 e. The van der Waals surface area contributed by atoms with E-state index < -0.39 is 0 Å². The SMILES string of the molecule is Cc1cc(C)c2cc(C#N)c(NCCNC(=O)C34CC5CC(CC(C5)C3)C4)[nH+]c2c1. The number of carbonyl (C=O) groups excluding carboxylic acids is 1. The molecule has 4 aliphatic carbocycles. The number of hydrogen-bond acceptors (Lipinski definition) is 3. The molecule has 6 rings (SSSR count). The normalized spacial score (nSPS) is 29.0. The van der Waals surface area contributed by atoms with Crippen molar-refractivity contribution < 1.29 is 9.78 Å². The zero-order chi connectivity index (χ0) is 20.9. The number of nitriles is 1. The summed E-state index contributed by atoms with van der Waals surface area (Å²) in [6, 6.07) is 8.46. The van der Waals surface area contributed by atoms with Crippen LogP contribution in [-0.4, -0.2) is 19.0 Å². The Labute approximate surface area is 178 Å². The van der Waals surface area contributed by atoms with Crippen molar-refractivity contribution in [2.24, 2.45) is 23.2 Å². The summed E-state index contributed by atoms with van der Waals surface area (Å²) in [6.07, 6.45) is 7.32. The van der Waals surface area contributed by atoms with Crippen molar-refractivity contribution in [2.45, 2.75) is 52.4 Å². The first-order valence-corrected chi connectivity index (χ1v) is 11.4. The molecule has 0 spiro atoms. The third-order valence-electron chi connectivity index (χ3n) is 7.70. The van der Waals surface area contributed by atoms with Crippen molar-refractivity contribution in [1.29, 1.82) is 5.26 Å². The first kappa shape index (κ1) is 19.4. The highest BCUT2D eigenvalue weighted by atomic mass is 16.2. The summed E-state index contributed by atoms with van der Waals surface area (Å²) in [6.45, 7) is 5.31. The monoisotopic (exact) mass is 403 g/mol. The number of benzene rings is 1. The lowest BCUT2D eigenvalue weighted by atomic mass is 9.49. The number of hydrogen-bond donors (Lipinski definition) is 2. The predicted molar refractivity (Wildman–Crippen MR) is 117 cm³/mol. The molecule has 1 aromatic heterocycles. The smallest absolute Gasteiger partial charge is 0.290 e. The number of anilines is 1. The topological polar surface area (TPSA) is 79.1 Å². The van der Waals surface area contributed by atoms with E-state index in [0.717, 1.165) is 59.3 Å². The highest BCUT2D eigenvalue weighted by Gasteiger charge is 2.54. The maximum absolute atomic E-state index is 13.1. The number of aromatic nitrogens is 1. The van der Waals surface area contributed by atoms with E-state index in [1.807, 2.05) is 6.07 Å². The molecule has 4 saturated carbocycles. The van der Waals surface area contributed by atoms with Gasteiger partial charge in [-0.05, 0) is 93.4 Å². The van der Waals surface area contributed by atoms with Crippen LogP contribution in [0.15, 0.2) is 18.2 Å². The molecule has 1 heterocycles. The molecule has 0 atom stereocenters. The lowest BCUT2D eigenvalue weighted by Crippen LogP contribution is -2.54. The van der Waals surface area contributed by atoms with Crippen LogP contribution in [0, 0.1) is 48.3 Å². The lowest BCUT2D eigenvalue weighted by Gasteiger charge is -2.55. The minimum atomic E-state index is -0.101. The number of H-pyrrole nitrogens is 1. The van der Waals surface area contributed by atoms with E-state index in [4.69, 9.17) is 0 Å². The number of fused-ring (bicyclic) bond motifs is 1. The molecule has 156 valence electrons. The van der Waals surface area contributed by atoms with E-state index in [1.165, 1.54) is 24.8 Å². The van der Waals surface area contributed by atoms with Gasteiger partial charge in [0.05, 0.1) is 6.54 Å². The molecular weight excluding hydrogens is 372 g/mol. The predicted octanol–water partition coefficient (Wildman–Crippen LogP) is 3.89. The first-order chi connectivity index (χ1) is 14.5. The lowest BCUT2D eigenvalue weighted by molar-refractivity contribution is -0.327. The van der Waals surface area contributed by atoms with Crippen LogP contribution >= 0.6 is 0 Å². The summed E-state index contributed by atoms with van der Waals surface area (Å²) >= 11 is 0. The van der Waals surface area contributed by atoms with Gasteiger partial charge in [0.15, 0.2) is 0 Å². The second-order valence-corrected chi connectivity index (χ2v) is 10.1. The maximum Gasteiger partial charge on any atom is 0.290 e. The standard InChI is InChI=1S/C25H30N4O/c1-15-5-16(2)21-10-20(14-26)23(29-22(21)6-15)27-3-4-28-24(30)25-11-17-7-18(12-25)9-19(8-17)13-25/h5-6,10,17-19H,3-4,7-9,11-13H2,1-2H3,(H,27,29)(H,28,30)/p+1. The van der Waals surface area contributed by atoms with Crippen molar-refractivity contribution in [2.75, 3.05) is 18.4 Å². The molecule has 0 aliphatic heterocycles. The molecule has 2 aromatic rings. The van der Waals surface area contributed by atoms with Gasteiger partial charge in [0.2, 0.25) is 5.91 Å². The van der Waals surface area contributed by atoms with Crippen molar-refractivity contribution in [3.63, 3.8) is 0 Å². The van der Waals surface area contributed by atoms with Crippen LogP contribution in [0.5, 0.6) is 0 Å². The van der Waals surface area contributed by atoms with Crippen molar-refractivity contribution in [3.8, 4) is 6.07 Å². The van der Waals surface area contributed by atoms with Gasteiger partial charge in [-0.15, -0.1) is 0 Å². The Morgan fingerprint density at radius 3 is 2.40 bits per heavy atom. The van der Waals surface area contributed by atoms with Gasteiger partial charge in [-0.1, -0.05) is 6.07 Å². The number of rotatable bonds is 5. The van der Waals surface area contributed by atoms with Crippen LogP contribution in [0.25, 0.3) is 10.9 Å². The molecule has 4 aliphatic rings. The summed E-state index contributed by atoms with van der Waals surface area (Å²) < 4.78 is 0. The molecular formula is C25H31N4O+. The zero-order valence-corrected chi connectivity index (χ0v) is 18.0. The average Bonchev–Trinajstić information content (AvgIpc) is 2.69. The van der Waals surface area contributed by atoms with Crippen LogP contribution in [0.1, 0.15) is 55.2 Å². The number of aromatic amines is 1. The van der Waals surface area contributed by atoms with Crippen LogP contribution < -0.4 is 15.6 Å². The Balaban J connectivity index is 1.23. The Bertz CT molecular complexity index is 1020. The molecule has 4 fully saturated rings. The van der Waals surface area contributed by atoms with E-state index in [2.05, 4.69) is 47.7 Å². The Morgan fingerprint density at radius 2 is 1.77 bits per heavy atom. The van der Waals surface area contributed by atoms with E-state index in [-0.39, 0.29) is 11.3 Å². The Morgan fingerprint density at radius 1 is 1.10 bits per heavy atom. The summed E-state index contributed by atoms with van der Waals surface area (Å²) in [4.78, 5) is 16.5. The van der Waals surface area contributed by atoms with Gasteiger partial charge in [-0.3, -0.25) is 10.1 Å². The van der Waals surface area contributed by atoms with E-state index in [0.29, 0.717) is 18.7 Å². The molecule has 1 aromatic carbocycles. The summed E-state index contributed by atoms with van der Waals surface area (Å²) in [7, 11) is 0. The third-order valence-corrected chi connectivity index (χ3v) is 7.70. The summed E-state index contributed by atoms with van der Waals surface area (Å²) in [5.74, 6) is 3.31. The van der Waals surface area contributed by atoms with Gasteiger partial charge in [-0.25, -0.2) is 4.98 Å². The average molecular weight is 404 g/mol. The van der Waals surface area contributed by atoms with Gasteiger partial charge in [0.1, 0.15) is 23.7 Å². The number of amides is 1. The van der Waals surface area contributed by atoms with Crippen molar-refractivity contribution >= 4 is 22.6 Å². The van der Waals surface area contributed by atoms with Gasteiger partial charge in [0, 0.05) is 10.8 Å². The van der Waals surface area contributed by atoms with Gasteiger partial charge >= 0.3 is 0 Å². The van der Waals surface area contributed by atoms with E-state index in [1.54, 1.807) is 0 Å². The fourth-order valence-electron chi connectivity index (χ4n) is 6.86. The van der Waals surface area contributed by atoms with Gasteiger partial charge < -0.3 is 5.32 Å². The number of nitrogens with zero attached hydrogens (tertiary/aromatic N) is 1. The highest BCUT2D eigenvalue weighted by Crippen LogP contribution is 2.60. The number of nitrogens with one attached hydrogen (secondary N) is 3. The van der Waals surface area contributed by atoms with E-state index in [9.17, 15) is 10.1 Å². The highest BCUT2D eigenvalue weighted by molar-refractivity contribution is 5.84. The second kappa shape index (κ2) is 7.27. The Kier molecular flexibility index (Phi) is 4.69. The fraction of sp³-hybridized carbons (Fsp3) is 0.560. The third kappa shape index (κ3) is 3.33. The summed E-state index contributed by atoms with van der Waals surface area (Å²) in [5, 5.41) is 17.2. The quantitative estimate of drug-likeness (QED) is 0.744. The number of carbonyl (C=O) groups is 1. The molecule has 3 N–H and O–H groups in total. The van der Waals surface area contributed by atoms with Crippen LogP contribution in [0.3, 0.4) is 0 Å². The number of aryl methyl sites for hydroxylation is 2. The molecule has 0 unspecified atom stereocenters. The van der Waals surface area contributed by atoms with Crippen LogP contribution in [0.4, 0.5) is 5.82 Å². The van der Waals surface area contributed by atoms with Gasteiger partial charge in [-0.2, -0.15) is 5.26 Å². The molecule has 0 saturated heterocycles. The molecule has 5 heteroatoms. The van der Waals surface area contributed by atoms with Crippen molar-refractivity contribution in [1.82, 2.24) is 5.32 Å². The largest absolute Gasteiger partial charge is 0.352 e. The fourth-order valence-corrected chi connectivity index (χ4v) is 6.86. The van der Waals surface area contributed by atoms with Crippen LogP contribution in [-0.2, 0) is 4.79 Å². The zero-order valence-electron chi connectivity index (χ0n) is 18.0. The molecule has 30 heavy (non-hydrogen) atoms. The van der Waals surface area contributed by atoms with Crippen LogP contribution in [0.2, 0.25) is 0 Å².